The van der Waals surface area contributed by atoms with Crippen molar-refractivity contribution in [1.82, 2.24) is 20.2 Å². The highest BCUT2D eigenvalue weighted by molar-refractivity contribution is 5.66. The van der Waals surface area contributed by atoms with Crippen molar-refractivity contribution in [3.63, 3.8) is 0 Å². The van der Waals surface area contributed by atoms with Crippen molar-refractivity contribution in [1.29, 1.82) is 0 Å². The molecule has 1 aromatic carbocycles. The minimum Gasteiger partial charge on any atom is -0.449 e. The summed E-state index contributed by atoms with van der Waals surface area (Å²) in [4.78, 5) is 1.43. The standard InChI is InChI=1S/C8H6N4O/c1-12-10-8(9-11-12)5-2-3-6-7(4-5)13-6/h2-4H,1H3. The van der Waals surface area contributed by atoms with Gasteiger partial charge in [-0.3, -0.25) is 0 Å². The molecule has 0 bridgehead atoms. The first-order valence-corrected chi connectivity index (χ1v) is 3.89. The molecule has 64 valence electrons. The zero-order valence-corrected chi connectivity index (χ0v) is 6.93. The predicted molar refractivity (Wildman–Crippen MR) is 44.3 cm³/mol. The first kappa shape index (κ1) is 6.59. The molecule has 0 N–H and O–H groups in total. The van der Waals surface area contributed by atoms with Crippen LogP contribution in [0.1, 0.15) is 0 Å². The molecule has 2 heterocycles. The third-order valence-electron chi connectivity index (χ3n) is 1.89. The minimum absolute atomic E-state index is 0.626. The van der Waals surface area contributed by atoms with Crippen molar-refractivity contribution in [2.45, 2.75) is 0 Å². The van der Waals surface area contributed by atoms with Crippen molar-refractivity contribution < 1.29 is 4.74 Å². The lowest BCUT2D eigenvalue weighted by molar-refractivity contribution is 0.630. The zero-order valence-electron chi connectivity index (χ0n) is 6.93. The molecule has 5 nitrogen and oxygen atoms in total. The molecule has 0 saturated carbocycles. The van der Waals surface area contributed by atoms with Crippen LogP contribution in [-0.2, 0) is 7.05 Å². The molecule has 0 atom stereocenters. The number of hydrogen-bond acceptors (Lipinski definition) is 4. The fraction of sp³-hybridized carbons (Fsp3) is 0.125. The fourth-order valence-corrected chi connectivity index (χ4v) is 1.20. The molecule has 2 aromatic rings. The molecule has 1 aliphatic heterocycles. The number of fused-ring (bicyclic) bond motifs is 1. The van der Waals surface area contributed by atoms with Gasteiger partial charge in [0, 0.05) is 5.56 Å². The normalized spacial score (nSPS) is 12.1. The summed E-state index contributed by atoms with van der Waals surface area (Å²) in [5.41, 5.74) is 0.935. The van der Waals surface area contributed by atoms with Crippen LogP contribution in [0, 0.1) is 0 Å². The van der Waals surface area contributed by atoms with E-state index in [1.807, 2.05) is 18.2 Å². The Bertz CT molecular complexity index is 477. The lowest BCUT2D eigenvalue weighted by atomic mass is 10.2. The van der Waals surface area contributed by atoms with Crippen molar-refractivity contribution in [3.05, 3.63) is 18.2 Å². The lowest BCUT2D eigenvalue weighted by Gasteiger charge is -1.87. The van der Waals surface area contributed by atoms with Gasteiger partial charge < -0.3 is 4.74 Å². The number of aryl methyl sites for hydroxylation is 1. The van der Waals surface area contributed by atoms with Gasteiger partial charge in [0.1, 0.15) is 0 Å². The first-order chi connectivity index (χ1) is 6.33. The summed E-state index contributed by atoms with van der Waals surface area (Å²) in [5, 5.41) is 11.7. The molecule has 3 rings (SSSR count). The maximum atomic E-state index is 5.12. The number of hydrogen-bond donors (Lipinski definition) is 0. The molecular weight excluding hydrogens is 168 g/mol. The van der Waals surface area contributed by atoms with Crippen molar-refractivity contribution in [3.8, 4) is 22.9 Å². The topological polar surface area (TPSA) is 56.1 Å². The predicted octanol–water partition coefficient (Wildman–Crippen LogP) is 0.983. The number of tetrazole rings is 1. The van der Waals surface area contributed by atoms with Gasteiger partial charge in [0.2, 0.25) is 5.82 Å². The Morgan fingerprint density at radius 2 is 2.23 bits per heavy atom. The van der Waals surface area contributed by atoms with E-state index in [4.69, 9.17) is 4.74 Å². The van der Waals surface area contributed by atoms with Crippen molar-refractivity contribution in [2.75, 3.05) is 0 Å². The molecule has 0 aliphatic carbocycles. The molecule has 1 aromatic heterocycles. The van der Waals surface area contributed by atoms with Crippen LogP contribution in [-0.4, -0.2) is 20.2 Å². The van der Waals surface area contributed by atoms with E-state index >= 15 is 0 Å². The first-order valence-electron chi connectivity index (χ1n) is 3.89. The molecular formula is C8H6N4O. The lowest BCUT2D eigenvalue weighted by Crippen LogP contribution is -1.91. The highest BCUT2D eigenvalue weighted by Gasteiger charge is 2.20. The van der Waals surface area contributed by atoms with E-state index < -0.39 is 0 Å². The van der Waals surface area contributed by atoms with Gasteiger partial charge in [-0.05, 0) is 23.4 Å². The van der Waals surface area contributed by atoms with E-state index in [-0.39, 0.29) is 0 Å². The van der Waals surface area contributed by atoms with Crippen LogP contribution < -0.4 is 4.74 Å². The third-order valence-corrected chi connectivity index (χ3v) is 1.89. The second-order valence-electron chi connectivity index (χ2n) is 2.87. The zero-order chi connectivity index (χ0) is 8.84. The Balaban J connectivity index is 2.10. The van der Waals surface area contributed by atoms with E-state index in [0.717, 1.165) is 17.1 Å². The summed E-state index contributed by atoms with van der Waals surface area (Å²) >= 11 is 0. The van der Waals surface area contributed by atoms with Crippen molar-refractivity contribution >= 4 is 0 Å². The molecule has 0 amide bonds. The Kier molecular flexibility index (Phi) is 1.05. The summed E-state index contributed by atoms with van der Waals surface area (Å²) in [6.07, 6.45) is 0. The third kappa shape index (κ3) is 0.970. The maximum Gasteiger partial charge on any atom is 0.205 e. The minimum atomic E-state index is 0.626. The van der Waals surface area contributed by atoms with Gasteiger partial charge in [0.05, 0.1) is 7.05 Å². The van der Waals surface area contributed by atoms with Gasteiger partial charge >= 0.3 is 0 Å². The van der Waals surface area contributed by atoms with Crippen LogP contribution in [0.25, 0.3) is 11.4 Å². The Morgan fingerprint density at radius 3 is 2.92 bits per heavy atom. The van der Waals surface area contributed by atoms with Gasteiger partial charge in [-0.15, -0.1) is 10.2 Å². The highest BCUT2D eigenvalue weighted by atomic mass is 16.6. The second kappa shape index (κ2) is 2.07. The Morgan fingerprint density at radius 1 is 1.31 bits per heavy atom. The van der Waals surface area contributed by atoms with Gasteiger partial charge in [0.25, 0.3) is 0 Å². The molecule has 0 spiro atoms. The largest absolute Gasteiger partial charge is 0.449 e. The van der Waals surface area contributed by atoms with E-state index in [1.165, 1.54) is 4.80 Å². The smallest absolute Gasteiger partial charge is 0.205 e. The monoisotopic (exact) mass is 174 g/mol. The quantitative estimate of drug-likeness (QED) is 0.516. The van der Waals surface area contributed by atoms with Gasteiger partial charge in [-0.25, -0.2) is 0 Å². The molecule has 0 unspecified atom stereocenters. The fourth-order valence-electron chi connectivity index (χ4n) is 1.20. The van der Waals surface area contributed by atoms with Crippen LogP contribution in [0.4, 0.5) is 0 Å². The van der Waals surface area contributed by atoms with Crippen LogP contribution >= 0.6 is 0 Å². The number of nitrogens with zero attached hydrogens (tertiary/aromatic N) is 4. The number of ether oxygens (including phenoxy) is 1. The SMILES string of the molecule is Cn1nnc(-c2ccc3c(c2)O3)n1. The van der Waals surface area contributed by atoms with Gasteiger partial charge in [0.15, 0.2) is 11.5 Å². The van der Waals surface area contributed by atoms with E-state index in [0.29, 0.717) is 5.82 Å². The Hall–Kier alpha value is -1.91. The summed E-state index contributed by atoms with van der Waals surface area (Å²) in [6, 6.07) is 5.73. The number of aromatic nitrogens is 4. The van der Waals surface area contributed by atoms with Crippen molar-refractivity contribution in [2.24, 2.45) is 7.05 Å². The molecule has 0 saturated heterocycles. The number of rotatable bonds is 1. The average molecular weight is 174 g/mol. The molecule has 0 fully saturated rings. The van der Waals surface area contributed by atoms with Crippen LogP contribution in [0.2, 0.25) is 0 Å². The van der Waals surface area contributed by atoms with E-state index in [1.54, 1.807) is 7.05 Å². The summed E-state index contributed by atoms with van der Waals surface area (Å²) in [7, 11) is 1.74. The maximum absolute atomic E-state index is 5.12. The van der Waals surface area contributed by atoms with E-state index in [2.05, 4.69) is 15.4 Å². The van der Waals surface area contributed by atoms with Crippen LogP contribution in [0.15, 0.2) is 18.2 Å². The van der Waals surface area contributed by atoms with Gasteiger partial charge in [-0.1, -0.05) is 0 Å². The molecule has 0 radical (unpaired) electrons. The summed E-state index contributed by atoms with van der Waals surface area (Å²) in [6.45, 7) is 0. The molecule has 13 heavy (non-hydrogen) atoms. The van der Waals surface area contributed by atoms with Crippen LogP contribution in [0.5, 0.6) is 11.5 Å². The highest BCUT2D eigenvalue weighted by Crippen LogP contribution is 2.46. The number of benzene rings is 1. The summed E-state index contributed by atoms with van der Waals surface area (Å²) in [5.74, 6) is 2.47. The Labute approximate surface area is 73.9 Å². The molecule has 5 heteroatoms. The van der Waals surface area contributed by atoms with E-state index in [9.17, 15) is 0 Å². The second-order valence-corrected chi connectivity index (χ2v) is 2.87. The van der Waals surface area contributed by atoms with Gasteiger partial charge in [-0.2, -0.15) is 4.80 Å². The molecule has 1 aliphatic rings. The average Bonchev–Trinajstić information content (AvgIpc) is 2.79. The van der Waals surface area contributed by atoms with Crippen LogP contribution in [0.3, 0.4) is 0 Å². The summed E-state index contributed by atoms with van der Waals surface area (Å²) < 4.78 is 5.12.